The monoisotopic (exact) mass is 302 g/mol. The molecule has 0 amide bonds. The van der Waals surface area contributed by atoms with Gasteiger partial charge in [-0.15, -0.1) is 0 Å². The smallest absolute Gasteiger partial charge is 0.239 e. The van der Waals surface area contributed by atoms with E-state index in [0.717, 1.165) is 6.42 Å². The van der Waals surface area contributed by atoms with Gasteiger partial charge in [0.15, 0.2) is 0 Å². The van der Waals surface area contributed by atoms with Crippen LogP contribution in [-0.4, -0.2) is 50.7 Å². The highest BCUT2D eigenvalue weighted by molar-refractivity contribution is 7.89. The SMILES string of the molecule is CCCOc1nc(NCCS(=O)(=O)N(C)C)ccc1N. The van der Waals surface area contributed by atoms with Crippen molar-refractivity contribution in [1.29, 1.82) is 0 Å². The van der Waals surface area contributed by atoms with E-state index in [4.69, 9.17) is 10.5 Å². The van der Waals surface area contributed by atoms with E-state index in [9.17, 15) is 8.42 Å². The first-order chi connectivity index (χ1) is 9.36. The average molecular weight is 302 g/mol. The maximum atomic E-state index is 11.6. The Morgan fingerprint density at radius 1 is 1.40 bits per heavy atom. The third kappa shape index (κ3) is 4.86. The van der Waals surface area contributed by atoms with Crippen LogP contribution in [0.2, 0.25) is 0 Å². The van der Waals surface area contributed by atoms with Crippen LogP contribution in [0, 0.1) is 0 Å². The maximum Gasteiger partial charge on any atom is 0.239 e. The Labute approximate surface area is 120 Å². The topological polar surface area (TPSA) is 97.5 Å². The van der Waals surface area contributed by atoms with Gasteiger partial charge in [0.1, 0.15) is 5.82 Å². The van der Waals surface area contributed by atoms with E-state index in [-0.39, 0.29) is 12.3 Å². The fourth-order valence-electron chi connectivity index (χ4n) is 1.35. The Kier molecular flexibility index (Phi) is 6.03. The maximum absolute atomic E-state index is 11.6. The largest absolute Gasteiger partial charge is 0.476 e. The van der Waals surface area contributed by atoms with Gasteiger partial charge in [-0.3, -0.25) is 0 Å². The summed E-state index contributed by atoms with van der Waals surface area (Å²) in [5.41, 5.74) is 6.21. The van der Waals surface area contributed by atoms with E-state index in [1.54, 1.807) is 12.1 Å². The van der Waals surface area contributed by atoms with Gasteiger partial charge in [0.25, 0.3) is 0 Å². The first-order valence-electron chi connectivity index (χ1n) is 6.40. The minimum Gasteiger partial charge on any atom is -0.476 e. The minimum absolute atomic E-state index is 0.00277. The van der Waals surface area contributed by atoms with Crippen molar-refractivity contribution in [3.63, 3.8) is 0 Å². The second-order valence-electron chi connectivity index (χ2n) is 4.46. The summed E-state index contributed by atoms with van der Waals surface area (Å²) in [4.78, 5) is 4.21. The molecule has 0 aliphatic carbocycles. The van der Waals surface area contributed by atoms with E-state index in [1.165, 1.54) is 18.4 Å². The van der Waals surface area contributed by atoms with Crippen molar-refractivity contribution >= 4 is 21.5 Å². The Bertz CT molecular complexity index is 532. The van der Waals surface area contributed by atoms with Crippen LogP contribution >= 0.6 is 0 Å². The minimum atomic E-state index is -3.21. The van der Waals surface area contributed by atoms with E-state index in [2.05, 4.69) is 10.3 Å². The van der Waals surface area contributed by atoms with Crippen LogP contribution in [0.3, 0.4) is 0 Å². The van der Waals surface area contributed by atoms with Crippen LogP contribution in [0.25, 0.3) is 0 Å². The highest BCUT2D eigenvalue weighted by Gasteiger charge is 2.13. The Morgan fingerprint density at radius 3 is 2.70 bits per heavy atom. The molecule has 0 unspecified atom stereocenters. The molecule has 0 spiro atoms. The van der Waals surface area contributed by atoms with Crippen LogP contribution in [0.1, 0.15) is 13.3 Å². The molecule has 1 aromatic rings. The standard InChI is InChI=1S/C12H22N4O3S/c1-4-8-19-12-10(13)5-6-11(15-12)14-7-9-20(17,18)16(2)3/h5-6H,4,7-9,13H2,1-3H3,(H,14,15). The molecule has 0 aliphatic rings. The lowest BCUT2D eigenvalue weighted by Gasteiger charge is -2.13. The number of aromatic nitrogens is 1. The van der Waals surface area contributed by atoms with Crippen molar-refractivity contribution in [2.45, 2.75) is 13.3 Å². The zero-order chi connectivity index (χ0) is 15.2. The van der Waals surface area contributed by atoms with Gasteiger partial charge >= 0.3 is 0 Å². The van der Waals surface area contributed by atoms with E-state index in [1.807, 2.05) is 6.92 Å². The van der Waals surface area contributed by atoms with Gasteiger partial charge in [-0.25, -0.2) is 12.7 Å². The number of anilines is 2. The second-order valence-corrected chi connectivity index (χ2v) is 6.77. The molecule has 7 nitrogen and oxygen atoms in total. The zero-order valence-corrected chi connectivity index (χ0v) is 12.9. The molecule has 0 saturated heterocycles. The number of ether oxygens (including phenoxy) is 1. The number of nitrogen functional groups attached to an aromatic ring is 1. The first kappa shape index (κ1) is 16.5. The summed E-state index contributed by atoms with van der Waals surface area (Å²) in [6.45, 7) is 2.80. The van der Waals surface area contributed by atoms with Crippen molar-refractivity contribution in [1.82, 2.24) is 9.29 Å². The molecule has 0 aliphatic heterocycles. The second kappa shape index (κ2) is 7.30. The molecule has 1 aromatic heterocycles. The van der Waals surface area contributed by atoms with Crippen LogP contribution in [0.15, 0.2) is 12.1 Å². The molecule has 0 fully saturated rings. The van der Waals surface area contributed by atoms with Crippen LogP contribution < -0.4 is 15.8 Å². The van der Waals surface area contributed by atoms with Crippen molar-refractivity contribution in [2.75, 3.05) is 44.1 Å². The quantitative estimate of drug-likeness (QED) is 0.735. The number of hydrogen-bond donors (Lipinski definition) is 2. The molecule has 0 radical (unpaired) electrons. The number of rotatable bonds is 8. The molecule has 0 saturated carbocycles. The third-order valence-corrected chi connectivity index (χ3v) is 4.39. The van der Waals surface area contributed by atoms with Crippen molar-refractivity contribution < 1.29 is 13.2 Å². The molecule has 0 bridgehead atoms. The van der Waals surface area contributed by atoms with E-state index >= 15 is 0 Å². The van der Waals surface area contributed by atoms with Crippen molar-refractivity contribution in [2.24, 2.45) is 0 Å². The molecular formula is C12H22N4O3S. The Balaban J connectivity index is 2.61. The molecule has 1 heterocycles. The molecule has 114 valence electrons. The molecule has 0 aromatic carbocycles. The van der Waals surface area contributed by atoms with Gasteiger partial charge < -0.3 is 15.8 Å². The number of hydrogen-bond acceptors (Lipinski definition) is 6. The highest BCUT2D eigenvalue weighted by atomic mass is 32.2. The number of sulfonamides is 1. The van der Waals surface area contributed by atoms with Crippen molar-refractivity contribution in [3.05, 3.63) is 12.1 Å². The summed E-state index contributed by atoms with van der Waals surface area (Å²) in [5, 5.41) is 2.95. The fourth-order valence-corrected chi connectivity index (χ4v) is 2.08. The lowest BCUT2D eigenvalue weighted by Crippen LogP contribution is -2.28. The molecule has 1 rings (SSSR count). The van der Waals surface area contributed by atoms with E-state index < -0.39 is 10.0 Å². The fraction of sp³-hybridized carbons (Fsp3) is 0.583. The number of nitrogens with two attached hydrogens (primary N) is 1. The lowest BCUT2D eigenvalue weighted by molar-refractivity contribution is 0.307. The zero-order valence-electron chi connectivity index (χ0n) is 12.1. The molecule has 0 atom stereocenters. The van der Waals surface area contributed by atoms with Gasteiger partial charge in [-0.1, -0.05) is 6.92 Å². The normalized spacial score (nSPS) is 11.6. The molecule has 20 heavy (non-hydrogen) atoms. The van der Waals surface area contributed by atoms with Gasteiger partial charge in [0, 0.05) is 20.6 Å². The number of nitrogens with zero attached hydrogens (tertiary/aromatic N) is 2. The summed E-state index contributed by atoms with van der Waals surface area (Å²) >= 11 is 0. The number of pyridine rings is 1. The average Bonchev–Trinajstić information content (AvgIpc) is 2.38. The lowest BCUT2D eigenvalue weighted by atomic mass is 10.4. The summed E-state index contributed by atoms with van der Waals surface area (Å²) < 4.78 is 29.8. The van der Waals surface area contributed by atoms with Crippen LogP contribution in [-0.2, 0) is 10.0 Å². The van der Waals surface area contributed by atoms with Gasteiger partial charge in [0.2, 0.25) is 15.9 Å². The van der Waals surface area contributed by atoms with Crippen molar-refractivity contribution in [3.8, 4) is 5.88 Å². The highest BCUT2D eigenvalue weighted by Crippen LogP contribution is 2.20. The molecule has 8 heteroatoms. The van der Waals surface area contributed by atoms with Crippen LogP contribution in [0.4, 0.5) is 11.5 Å². The predicted octanol–water partition coefficient (Wildman–Crippen LogP) is 0.756. The van der Waals surface area contributed by atoms with Gasteiger partial charge in [-0.05, 0) is 18.6 Å². The summed E-state index contributed by atoms with van der Waals surface area (Å²) in [5.74, 6) is 0.906. The third-order valence-electron chi connectivity index (χ3n) is 2.56. The molecule has 3 N–H and O–H groups in total. The predicted molar refractivity (Wildman–Crippen MR) is 80.4 cm³/mol. The summed E-state index contributed by atoms with van der Waals surface area (Å²) in [7, 11) is -0.199. The summed E-state index contributed by atoms with van der Waals surface area (Å²) in [6.07, 6.45) is 0.861. The van der Waals surface area contributed by atoms with E-state index in [0.29, 0.717) is 24.0 Å². The summed E-state index contributed by atoms with van der Waals surface area (Å²) in [6, 6.07) is 3.37. The Morgan fingerprint density at radius 2 is 2.10 bits per heavy atom. The molecular weight excluding hydrogens is 280 g/mol. The first-order valence-corrected chi connectivity index (χ1v) is 8.01. The Hall–Kier alpha value is -1.54. The number of nitrogens with one attached hydrogen (secondary N) is 1. The van der Waals surface area contributed by atoms with Gasteiger partial charge in [-0.2, -0.15) is 4.98 Å². The van der Waals surface area contributed by atoms with Crippen LogP contribution in [0.5, 0.6) is 5.88 Å². The van der Waals surface area contributed by atoms with Gasteiger partial charge in [0.05, 0.1) is 18.0 Å².